The van der Waals surface area contributed by atoms with Crippen LogP contribution in [0.2, 0.25) is 0 Å². The molecule has 2 aromatic heterocycles. The van der Waals surface area contributed by atoms with Gasteiger partial charge < -0.3 is 4.42 Å². The molecular formula is C14H11NO. The second-order valence-corrected chi connectivity index (χ2v) is 3.81. The summed E-state index contributed by atoms with van der Waals surface area (Å²) in [5.41, 5.74) is 3.12. The summed E-state index contributed by atoms with van der Waals surface area (Å²) in [7, 11) is 0. The van der Waals surface area contributed by atoms with Gasteiger partial charge in [-0.15, -0.1) is 0 Å². The van der Waals surface area contributed by atoms with Gasteiger partial charge in [0.1, 0.15) is 5.76 Å². The van der Waals surface area contributed by atoms with Gasteiger partial charge in [-0.1, -0.05) is 18.2 Å². The first-order valence-electron chi connectivity index (χ1n) is 5.25. The van der Waals surface area contributed by atoms with Crippen molar-refractivity contribution in [2.75, 3.05) is 0 Å². The molecule has 0 saturated carbocycles. The summed E-state index contributed by atoms with van der Waals surface area (Å²) in [6.45, 7) is 2.00. The smallest absolute Gasteiger partial charge is 0.134 e. The van der Waals surface area contributed by atoms with Crippen molar-refractivity contribution in [2.24, 2.45) is 0 Å². The van der Waals surface area contributed by atoms with Crippen LogP contribution >= 0.6 is 0 Å². The molecule has 0 aliphatic carbocycles. The van der Waals surface area contributed by atoms with Gasteiger partial charge in [0.15, 0.2) is 0 Å². The molecule has 3 aromatic rings. The molecule has 0 radical (unpaired) electrons. The fourth-order valence-electron chi connectivity index (χ4n) is 1.94. The Kier molecular flexibility index (Phi) is 2.00. The van der Waals surface area contributed by atoms with Crippen molar-refractivity contribution in [3.8, 4) is 11.3 Å². The van der Waals surface area contributed by atoms with E-state index in [1.807, 2.05) is 37.3 Å². The average molecular weight is 209 g/mol. The fourth-order valence-corrected chi connectivity index (χ4v) is 1.94. The van der Waals surface area contributed by atoms with E-state index < -0.39 is 0 Å². The van der Waals surface area contributed by atoms with Gasteiger partial charge in [-0.2, -0.15) is 0 Å². The van der Waals surface area contributed by atoms with Crippen LogP contribution in [0.1, 0.15) is 5.69 Å². The minimum absolute atomic E-state index is 0.890. The highest BCUT2D eigenvalue weighted by Crippen LogP contribution is 2.28. The lowest BCUT2D eigenvalue weighted by molar-refractivity contribution is 0.583. The van der Waals surface area contributed by atoms with Gasteiger partial charge in [0.2, 0.25) is 0 Å². The quantitative estimate of drug-likeness (QED) is 0.609. The van der Waals surface area contributed by atoms with E-state index in [4.69, 9.17) is 4.42 Å². The maximum Gasteiger partial charge on any atom is 0.134 e. The third-order valence-corrected chi connectivity index (χ3v) is 2.63. The van der Waals surface area contributed by atoms with E-state index in [0.717, 1.165) is 27.9 Å². The van der Waals surface area contributed by atoms with Crippen molar-refractivity contribution in [3.63, 3.8) is 0 Å². The minimum Gasteiger partial charge on any atom is -0.464 e. The number of aryl methyl sites for hydroxylation is 1. The van der Waals surface area contributed by atoms with Crippen molar-refractivity contribution in [1.82, 2.24) is 4.98 Å². The third-order valence-electron chi connectivity index (χ3n) is 2.63. The third kappa shape index (κ3) is 1.39. The topological polar surface area (TPSA) is 26.0 Å². The molecule has 0 unspecified atom stereocenters. The van der Waals surface area contributed by atoms with Crippen LogP contribution in [0.5, 0.6) is 0 Å². The Morgan fingerprint density at radius 3 is 2.75 bits per heavy atom. The molecule has 2 heteroatoms. The summed E-state index contributed by atoms with van der Waals surface area (Å²) in [6.07, 6.45) is 1.69. The van der Waals surface area contributed by atoms with Gasteiger partial charge >= 0.3 is 0 Å². The maximum absolute atomic E-state index is 5.45. The first-order valence-corrected chi connectivity index (χ1v) is 5.25. The molecule has 78 valence electrons. The highest BCUT2D eigenvalue weighted by molar-refractivity contribution is 5.93. The predicted octanol–water partition coefficient (Wildman–Crippen LogP) is 3.80. The zero-order valence-electron chi connectivity index (χ0n) is 8.97. The van der Waals surface area contributed by atoms with Crippen LogP contribution in [0.3, 0.4) is 0 Å². The molecule has 0 N–H and O–H groups in total. The highest BCUT2D eigenvalue weighted by atomic mass is 16.3. The van der Waals surface area contributed by atoms with E-state index in [2.05, 4.69) is 17.1 Å². The van der Waals surface area contributed by atoms with E-state index in [9.17, 15) is 0 Å². The Morgan fingerprint density at radius 1 is 1.06 bits per heavy atom. The second kappa shape index (κ2) is 3.49. The molecule has 2 nitrogen and oxygen atoms in total. The molecule has 2 heterocycles. The van der Waals surface area contributed by atoms with Crippen molar-refractivity contribution in [3.05, 3.63) is 54.4 Å². The van der Waals surface area contributed by atoms with Crippen molar-refractivity contribution < 1.29 is 4.42 Å². The van der Waals surface area contributed by atoms with Crippen LogP contribution in [-0.2, 0) is 0 Å². The Morgan fingerprint density at radius 2 is 1.94 bits per heavy atom. The number of furan rings is 1. The van der Waals surface area contributed by atoms with Gasteiger partial charge in [-0.05, 0) is 31.2 Å². The first kappa shape index (κ1) is 9.16. The maximum atomic E-state index is 5.45. The summed E-state index contributed by atoms with van der Waals surface area (Å²) in [5.74, 6) is 0.890. The summed E-state index contributed by atoms with van der Waals surface area (Å²) >= 11 is 0. The lowest BCUT2D eigenvalue weighted by Crippen LogP contribution is -1.86. The van der Waals surface area contributed by atoms with Crippen LogP contribution in [-0.4, -0.2) is 4.98 Å². The Hall–Kier alpha value is -2.09. The average Bonchev–Trinajstić information content (AvgIpc) is 2.81. The lowest BCUT2D eigenvalue weighted by atomic mass is 10.1. The molecule has 0 atom stereocenters. The van der Waals surface area contributed by atoms with E-state index in [1.54, 1.807) is 6.26 Å². The van der Waals surface area contributed by atoms with Gasteiger partial charge in [0.25, 0.3) is 0 Å². The van der Waals surface area contributed by atoms with Crippen LogP contribution < -0.4 is 0 Å². The van der Waals surface area contributed by atoms with Crippen LogP contribution in [0.25, 0.3) is 22.2 Å². The lowest BCUT2D eigenvalue weighted by Gasteiger charge is -2.04. The number of fused-ring (bicyclic) bond motifs is 1. The summed E-state index contributed by atoms with van der Waals surface area (Å²) in [6, 6.07) is 14.0. The number of nitrogens with zero attached hydrogens (tertiary/aromatic N) is 1. The Balaban J connectivity index is 2.39. The van der Waals surface area contributed by atoms with E-state index >= 15 is 0 Å². The van der Waals surface area contributed by atoms with Crippen molar-refractivity contribution >= 4 is 10.9 Å². The molecule has 0 saturated heterocycles. The number of pyridine rings is 1. The monoisotopic (exact) mass is 209 g/mol. The van der Waals surface area contributed by atoms with Crippen LogP contribution in [0.4, 0.5) is 0 Å². The highest BCUT2D eigenvalue weighted by Gasteiger charge is 2.07. The summed E-state index contributed by atoms with van der Waals surface area (Å²) in [4.78, 5) is 4.50. The number of hydrogen-bond donors (Lipinski definition) is 0. The molecule has 0 aliphatic rings. The van der Waals surface area contributed by atoms with Gasteiger partial charge in [-0.3, -0.25) is 4.98 Å². The molecule has 0 amide bonds. The van der Waals surface area contributed by atoms with Gasteiger partial charge in [0, 0.05) is 16.6 Å². The van der Waals surface area contributed by atoms with E-state index in [-0.39, 0.29) is 0 Å². The summed E-state index contributed by atoms with van der Waals surface area (Å²) in [5, 5.41) is 1.13. The largest absolute Gasteiger partial charge is 0.464 e. The predicted molar refractivity (Wildman–Crippen MR) is 64.2 cm³/mol. The standard InChI is InChI=1S/C14H11NO/c1-10-9-12(14-7-4-8-16-14)11-5-2-3-6-13(11)15-10/h2-9H,1H3. The number of rotatable bonds is 1. The molecule has 16 heavy (non-hydrogen) atoms. The number of para-hydroxylation sites is 1. The van der Waals surface area contributed by atoms with Crippen LogP contribution in [0, 0.1) is 6.92 Å². The number of aromatic nitrogens is 1. The van der Waals surface area contributed by atoms with E-state index in [0.29, 0.717) is 0 Å². The zero-order valence-corrected chi connectivity index (χ0v) is 8.97. The minimum atomic E-state index is 0.890. The molecule has 1 aromatic carbocycles. The number of benzene rings is 1. The second-order valence-electron chi connectivity index (χ2n) is 3.81. The van der Waals surface area contributed by atoms with Gasteiger partial charge in [0.05, 0.1) is 11.8 Å². The number of hydrogen-bond acceptors (Lipinski definition) is 2. The first-order chi connectivity index (χ1) is 7.84. The van der Waals surface area contributed by atoms with Crippen molar-refractivity contribution in [1.29, 1.82) is 0 Å². The van der Waals surface area contributed by atoms with Crippen molar-refractivity contribution in [2.45, 2.75) is 6.92 Å². The SMILES string of the molecule is Cc1cc(-c2ccco2)c2ccccc2n1. The molecule has 3 rings (SSSR count). The molecule has 0 fully saturated rings. The summed E-state index contributed by atoms with van der Waals surface area (Å²) < 4.78 is 5.45. The fraction of sp³-hybridized carbons (Fsp3) is 0.0714. The van der Waals surface area contributed by atoms with Gasteiger partial charge in [-0.25, -0.2) is 0 Å². The molecule has 0 spiro atoms. The molecule has 0 bridgehead atoms. The van der Waals surface area contributed by atoms with Crippen LogP contribution in [0.15, 0.2) is 53.1 Å². The molecular weight excluding hydrogens is 198 g/mol. The zero-order chi connectivity index (χ0) is 11.0. The Labute approximate surface area is 93.5 Å². The molecule has 0 aliphatic heterocycles. The Bertz CT molecular complexity index is 626. The van der Waals surface area contributed by atoms with E-state index in [1.165, 1.54) is 0 Å². The normalized spacial score (nSPS) is 10.8.